The summed E-state index contributed by atoms with van der Waals surface area (Å²) in [5.41, 5.74) is 0.325. The molecule has 0 aliphatic carbocycles. The lowest BCUT2D eigenvalue weighted by molar-refractivity contribution is -0.141. The minimum atomic E-state index is -0.686. The van der Waals surface area contributed by atoms with Crippen molar-refractivity contribution in [1.29, 1.82) is 0 Å². The number of aliphatic hydroxyl groups excluding tert-OH is 2. The number of thiol groups is 1. The van der Waals surface area contributed by atoms with Crippen LogP contribution in [-0.4, -0.2) is 41.8 Å². The van der Waals surface area contributed by atoms with E-state index in [0.717, 1.165) is 5.56 Å². The van der Waals surface area contributed by atoms with Crippen molar-refractivity contribution in [1.82, 2.24) is 0 Å². The predicted octanol–water partition coefficient (Wildman–Crippen LogP) is 1.98. The van der Waals surface area contributed by atoms with Crippen molar-refractivity contribution in [2.24, 2.45) is 5.41 Å². The molecular weight excluding hydrogens is 304 g/mol. The first kappa shape index (κ1) is 18.8. The maximum absolute atomic E-state index is 11.1. The van der Waals surface area contributed by atoms with E-state index < -0.39 is 11.5 Å². The molecule has 22 heavy (non-hydrogen) atoms. The molecular formula is C16H24O5S. The van der Waals surface area contributed by atoms with Crippen LogP contribution in [0.3, 0.4) is 0 Å². The SMILES string of the molecule is CC(C)(CCOC(=O)CS)[C@@H](O)c1ccc(OCCO)cc1. The highest BCUT2D eigenvalue weighted by molar-refractivity contribution is 7.81. The monoisotopic (exact) mass is 328 g/mol. The number of benzene rings is 1. The largest absolute Gasteiger partial charge is 0.491 e. The smallest absolute Gasteiger partial charge is 0.315 e. The van der Waals surface area contributed by atoms with E-state index in [-0.39, 0.29) is 31.5 Å². The summed E-state index contributed by atoms with van der Waals surface area (Å²) in [5, 5.41) is 19.2. The van der Waals surface area contributed by atoms with Gasteiger partial charge < -0.3 is 19.7 Å². The second-order valence-electron chi connectivity index (χ2n) is 5.66. The molecule has 0 radical (unpaired) electrons. The molecule has 0 aliphatic heterocycles. The van der Waals surface area contributed by atoms with Gasteiger partial charge in [0.05, 0.1) is 25.1 Å². The third-order valence-electron chi connectivity index (χ3n) is 3.43. The Bertz CT molecular complexity index is 458. The summed E-state index contributed by atoms with van der Waals surface area (Å²) < 4.78 is 10.3. The molecule has 1 atom stereocenters. The van der Waals surface area contributed by atoms with Crippen LogP contribution in [0.15, 0.2) is 24.3 Å². The van der Waals surface area contributed by atoms with Gasteiger partial charge in [-0.3, -0.25) is 4.79 Å². The van der Waals surface area contributed by atoms with Crippen molar-refractivity contribution in [2.45, 2.75) is 26.4 Å². The van der Waals surface area contributed by atoms with Gasteiger partial charge in [0.25, 0.3) is 0 Å². The van der Waals surface area contributed by atoms with Crippen molar-refractivity contribution in [3.8, 4) is 5.75 Å². The molecule has 0 heterocycles. The molecule has 0 amide bonds. The Balaban J connectivity index is 2.60. The van der Waals surface area contributed by atoms with Crippen molar-refractivity contribution in [3.63, 3.8) is 0 Å². The fourth-order valence-electron chi connectivity index (χ4n) is 1.97. The fourth-order valence-corrected chi connectivity index (χ4v) is 2.06. The Hall–Kier alpha value is -1.24. The van der Waals surface area contributed by atoms with E-state index in [0.29, 0.717) is 12.2 Å². The molecule has 6 heteroatoms. The Morgan fingerprint density at radius 2 is 1.91 bits per heavy atom. The second-order valence-corrected chi connectivity index (χ2v) is 5.98. The topological polar surface area (TPSA) is 76.0 Å². The first-order valence-electron chi connectivity index (χ1n) is 7.19. The van der Waals surface area contributed by atoms with E-state index in [1.807, 2.05) is 13.8 Å². The van der Waals surface area contributed by atoms with Crippen molar-refractivity contribution in [3.05, 3.63) is 29.8 Å². The highest BCUT2D eigenvalue weighted by atomic mass is 32.1. The Morgan fingerprint density at radius 3 is 2.45 bits per heavy atom. The average Bonchev–Trinajstić information content (AvgIpc) is 2.52. The molecule has 1 aromatic rings. The predicted molar refractivity (Wildman–Crippen MR) is 87.2 cm³/mol. The highest BCUT2D eigenvalue weighted by Gasteiger charge is 2.29. The summed E-state index contributed by atoms with van der Waals surface area (Å²) >= 11 is 3.84. The zero-order chi connectivity index (χ0) is 16.6. The number of ether oxygens (including phenoxy) is 2. The maximum Gasteiger partial charge on any atom is 0.315 e. The fraction of sp³-hybridized carbons (Fsp3) is 0.562. The van der Waals surface area contributed by atoms with E-state index in [1.165, 1.54) is 0 Å². The number of hydrogen-bond acceptors (Lipinski definition) is 6. The van der Waals surface area contributed by atoms with E-state index in [2.05, 4.69) is 12.6 Å². The quantitative estimate of drug-likeness (QED) is 0.477. The third kappa shape index (κ3) is 5.87. The molecule has 0 aromatic heterocycles. The van der Waals surface area contributed by atoms with Gasteiger partial charge >= 0.3 is 5.97 Å². The first-order chi connectivity index (χ1) is 10.4. The van der Waals surface area contributed by atoms with Crippen LogP contribution in [0.2, 0.25) is 0 Å². The number of hydrogen-bond donors (Lipinski definition) is 3. The molecule has 0 fully saturated rings. The molecule has 0 unspecified atom stereocenters. The first-order valence-corrected chi connectivity index (χ1v) is 7.82. The standard InChI is InChI=1S/C16H24O5S/c1-16(2,7-9-21-14(18)11-22)15(19)12-3-5-13(6-4-12)20-10-8-17/h3-6,15,17,19,22H,7-11H2,1-2H3/t15-/m0/s1. The lowest BCUT2D eigenvalue weighted by Crippen LogP contribution is -2.24. The van der Waals surface area contributed by atoms with E-state index in [4.69, 9.17) is 14.6 Å². The minimum Gasteiger partial charge on any atom is -0.491 e. The number of carbonyl (C=O) groups is 1. The van der Waals surface area contributed by atoms with Gasteiger partial charge in [-0.2, -0.15) is 12.6 Å². The van der Waals surface area contributed by atoms with Crippen LogP contribution in [0.1, 0.15) is 31.9 Å². The Labute approximate surface area is 136 Å². The molecule has 0 saturated carbocycles. The summed E-state index contributed by atoms with van der Waals surface area (Å²) in [6.07, 6.45) is -0.148. The minimum absolute atomic E-state index is 0.0393. The van der Waals surface area contributed by atoms with Crippen LogP contribution >= 0.6 is 12.6 Å². The van der Waals surface area contributed by atoms with Crippen molar-refractivity contribution in [2.75, 3.05) is 25.6 Å². The average molecular weight is 328 g/mol. The van der Waals surface area contributed by atoms with Gasteiger partial charge in [0.1, 0.15) is 12.4 Å². The van der Waals surface area contributed by atoms with E-state index in [9.17, 15) is 9.90 Å². The van der Waals surface area contributed by atoms with Crippen LogP contribution in [0.5, 0.6) is 5.75 Å². The number of rotatable bonds is 9. The lowest BCUT2D eigenvalue weighted by Gasteiger charge is -2.30. The molecule has 0 spiro atoms. The molecule has 1 rings (SSSR count). The molecule has 0 bridgehead atoms. The Kier molecular flexibility index (Phi) is 7.72. The summed E-state index contributed by atoms with van der Waals surface area (Å²) in [6.45, 7) is 4.29. The van der Waals surface area contributed by atoms with Crippen LogP contribution in [0.4, 0.5) is 0 Å². The normalized spacial score (nSPS) is 12.8. The van der Waals surface area contributed by atoms with Gasteiger partial charge in [-0.05, 0) is 29.5 Å². The zero-order valence-corrected chi connectivity index (χ0v) is 13.9. The maximum atomic E-state index is 11.1. The summed E-state index contributed by atoms with van der Waals surface area (Å²) in [5.74, 6) is 0.336. The van der Waals surface area contributed by atoms with Gasteiger partial charge in [0.15, 0.2) is 0 Å². The van der Waals surface area contributed by atoms with E-state index in [1.54, 1.807) is 24.3 Å². The number of aliphatic hydroxyl groups is 2. The van der Waals surface area contributed by atoms with Gasteiger partial charge in [0, 0.05) is 0 Å². The molecule has 124 valence electrons. The Morgan fingerprint density at radius 1 is 1.27 bits per heavy atom. The lowest BCUT2D eigenvalue weighted by atomic mass is 9.80. The molecule has 5 nitrogen and oxygen atoms in total. The van der Waals surface area contributed by atoms with Gasteiger partial charge in [-0.15, -0.1) is 0 Å². The summed E-state index contributed by atoms with van der Waals surface area (Å²) in [6, 6.07) is 7.09. The summed E-state index contributed by atoms with van der Waals surface area (Å²) in [4.78, 5) is 11.1. The number of carbonyl (C=O) groups excluding carboxylic acids is 1. The molecule has 2 N–H and O–H groups in total. The number of esters is 1. The van der Waals surface area contributed by atoms with E-state index >= 15 is 0 Å². The molecule has 0 aliphatic rings. The van der Waals surface area contributed by atoms with Gasteiger partial charge in [0.2, 0.25) is 0 Å². The highest BCUT2D eigenvalue weighted by Crippen LogP contribution is 2.36. The van der Waals surface area contributed by atoms with Gasteiger partial charge in [-0.25, -0.2) is 0 Å². The van der Waals surface area contributed by atoms with Crippen LogP contribution in [0, 0.1) is 5.41 Å². The van der Waals surface area contributed by atoms with Crippen LogP contribution in [-0.2, 0) is 9.53 Å². The molecule has 0 saturated heterocycles. The zero-order valence-electron chi connectivity index (χ0n) is 13.0. The molecule has 1 aromatic carbocycles. The van der Waals surface area contributed by atoms with Gasteiger partial charge in [-0.1, -0.05) is 26.0 Å². The van der Waals surface area contributed by atoms with Crippen molar-refractivity contribution < 1.29 is 24.5 Å². The second kappa shape index (κ2) is 9.02. The summed E-state index contributed by atoms with van der Waals surface area (Å²) in [7, 11) is 0. The third-order valence-corrected chi connectivity index (χ3v) is 3.69. The van der Waals surface area contributed by atoms with Crippen LogP contribution in [0.25, 0.3) is 0 Å². The van der Waals surface area contributed by atoms with Crippen molar-refractivity contribution >= 4 is 18.6 Å². The van der Waals surface area contributed by atoms with Crippen LogP contribution < -0.4 is 4.74 Å².